The lowest BCUT2D eigenvalue weighted by molar-refractivity contribution is -0.678. The zero-order valence-corrected chi connectivity index (χ0v) is 14.5. The Morgan fingerprint density at radius 1 is 1.36 bits per heavy atom. The van der Waals surface area contributed by atoms with E-state index in [1.807, 2.05) is 18.2 Å². The predicted molar refractivity (Wildman–Crippen MR) is 91.8 cm³/mol. The van der Waals surface area contributed by atoms with Crippen LogP contribution >= 0.6 is 12.2 Å². The number of aromatic amines is 1. The molecule has 3 N–H and O–H groups in total. The monoisotopic (exact) mass is 361 g/mol. The largest absolute Gasteiger partial charge is 0.463 e. The summed E-state index contributed by atoms with van der Waals surface area (Å²) < 4.78 is 11.6. The van der Waals surface area contributed by atoms with Crippen LogP contribution in [0.5, 0.6) is 0 Å². The van der Waals surface area contributed by atoms with Gasteiger partial charge in [-0.05, 0) is 36.0 Å². The molecule has 2 heterocycles. The van der Waals surface area contributed by atoms with Crippen molar-refractivity contribution in [1.82, 2.24) is 15.9 Å². The summed E-state index contributed by atoms with van der Waals surface area (Å²) in [6, 6.07) is 8.30. The van der Waals surface area contributed by atoms with Gasteiger partial charge in [-0.2, -0.15) is 0 Å². The summed E-state index contributed by atoms with van der Waals surface area (Å²) in [4.78, 5) is 24.8. The van der Waals surface area contributed by atoms with E-state index in [1.165, 1.54) is 4.68 Å². The third-order valence-corrected chi connectivity index (χ3v) is 3.95. The minimum Gasteiger partial charge on any atom is -0.463 e. The highest BCUT2D eigenvalue weighted by Crippen LogP contribution is 2.24. The molecular formula is C16H17N4O4S+. The van der Waals surface area contributed by atoms with Gasteiger partial charge < -0.3 is 15.4 Å². The quantitative estimate of drug-likeness (QED) is 0.417. The molecule has 0 aliphatic carbocycles. The van der Waals surface area contributed by atoms with E-state index in [2.05, 4.69) is 15.9 Å². The number of allylic oxidation sites excluding steroid dienone is 1. The van der Waals surface area contributed by atoms with Gasteiger partial charge in [-0.25, -0.2) is 9.59 Å². The first-order valence-corrected chi connectivity index (χ1v) is 8.08. The summed E-state index contributed by atoms with van der Waals surface area (Å²) >= 11 is 5.18. The lowest BCUT2D eigenvalue weighted by Crippen LogP contribution is -2.51. The first kappa shape index (κ1) is 16.9. The van der Waals surface area contributed by atoms with Crippen LogP contribution in [0.3, 0.4) is 0 Å². The number of carbonyl (C=O) groups excluding carboxylic acids is 1. The number of hydrogen-bond acceptors (Lipinski definition) is 5. The number of benzene rings is 1. The summed E-state index contributed by atoms with van der Waals surface area (Å²) in [6.45, 7) is 3.63. The first-order chi connectivity index (χ1) is 12.0. The molecule has 25 heavy (non-hydrogen) atoms. The van der Waals surface area contributed by atoms with Crippen LogP contribution in [0.4, 0.5) is 0 Å². The number of esters is 1. The molecule has 1 atom stereocenters. The lowest BCUT2D eigenvalue weighted by atomic mass is 10.00. The molecule has 9 heteroatoms. The fourth-order valence-corrected chi connectivity index (χ4v) is 2.94. The molecule has 1 aromatic heterocycles. The van der Waals surface area contributed by atoms with Gasteiger partial charge in [0, 0.05) is 17.8 Å². The Morgan fingerprint density at radius 2 is 2.08 bits per heavy atom. The Bertz CT molecular complexity index is 900. The van der Waals surface area contributed by atoms with Crippen molar-refractivity contribution < 1.29 is 18.7 Å². The van der Waals surface area contributed by atoms with Crippen molar-refractivity contribution in [2.45, 2.75) is 19.9 Å². The molecule has 1 unspecified atom stereocenters. The Labute approximate surface area is 148 Å². The normalized spacial score (nSPS) is 17.0. The molecule has 1 aliphatic heterocycles. The van der Waals surface area contributed by atoms with Gasteiger partial charge in [0.2, 0.25) is 5.69 Å². The van der Waals surface area contributed by atoms with Crippen LogP contribution in [0.15, 0.2) is 50.9 Å². The Morgan fingerprint density at radius 3 is 2.76 bits per heavy atom. The second kappa shape index (κ2) is 6.89. The van der Waals surface area contributed by atoms with E-state index < -0.39 is 17.6 Å². The Kier molecular flexibility index (Phi) is 4.66. The van der Waals surface area contributed by atoms with Crippen LogP contribution in [0, 0.1) is 0 Å². The minimum atomic E-state index is -0.810. The lowest BCUT2D eigenvalue weighted by Gasteiger charge is -2.26. The van der Waals surface area contributed by atoms with Gasteiger partial charge in [-0.3, -0.25) is 4.52 Å². The Balaban J connectivity index is 2.16. The van der Waals surface area contributed by atoms with Crippen molar-refractivity contribution in [3.63, 3.8) is 0 Å². The number of ether oxygens (including phenoxy) is 1. The number of carbonyl (C=O) groups is 1. The zero-order valence-electron chi connectivity index (χ0n) is 13.7. The Hall–Kier alpha value is -2.94. The van der Waals surface area contributed by atoms with E-state index in [0.717, 1.165) is 0 Å². The van der Waals surface area contributed by atoms with Gasteiger partial charge in [-0.1, -0.05) is 18.2 Å². The van der Waals surface area contributed by atoms with Crippen LogP contribution < -0.4 is 20.9 Å². The molecule has 0 saturated carbocycles. The third-order valence-electron chi connectivity index (χ3n) is 3.73. The molecular weight excluding hydrogens is 344 g/mol. The molecule has 0 saturated heterocycles. The number of rotatable bonds is 4. The number of thiocarbonyl (C=S) groups is 1. The van der Waals surface area contributed by atoms with Crippen LogP contribution in [0.25, 0.3) is 5.69 Å². The van der Waals surface area contributed by atoms with E-state index in [4.69, 9.17) is 21.5 Å². The third kappa shape index (κ3) is 3.18. The van der Waals surface area contributed by atoms with Gasteiger partial charge in [0.15, 0.2) is 11.2 Å². The number of nitrogens with one attached hydrogen (secondary N) is 3. The van der Waals surface area contributed by atoms with E-state index in [1.54, 1.807) is 26.0 Å². The highest BCUT2D eigenvalue weighted by Gasteiger charge is 2.41. The van der Waals surface area contributed by atoms with Crippen LogP contribution in [-0.4, -0.2) is 23.0 Å². The topological polar surface area (TPSA) is 100 Å². The predicted octanol–water partition coefficient (Wildman–Crippen LogP) is 0.601. The van der Waals surface area contributed by atoms with Crippen molar-refractivity contribution in [2.24, 2.45) is 0 Å². The van der Waals surface area contributed by atoms with Crippen molar-refractivity contribution in [1.29, 1.82) is 0 Å². The first-order valence-electron chi connectivity index (χ1n) is 7.67. The summed E-state index contributed by atoms with van der Waals surface area (Å²) in [5, 5.41) is 8.70. The average Bonchev–Trinajstić information content (AvgIpc) is 2.96. The van der Waals surface area contributed by atoms with E-state index in [-0.39, 0.29) is 17.9 Å². The number of nitrogens with zero attached hydrogens (tertiary/aromatic N) is 1. The van der Waals surface area contributed by atoms with Crippen LogP contribution in [0.2, 0.25) is 0 Å². The zero-order chi connectivity index (χ0) is 18.0. The summed E-state index contributed by atoms with van der Waals surface area (Å²) in [6.07, 6.45) is 0. The van der Waals surface area contributed by atoms with Crippen molar-refractivity contribution in [3.8, 4) is 5.69 Å². The maximum atomic E-state index is 12.4. The fourth-order valence-electron chi connectivity index (χ4n) is 2.67. The van der Waals surface area contributed by atoms with Gasteiger partial charge in [0.25, 0.3) is 0 Å². The van der Waals surface area contributed by atoms with E-state index in [9.17, 15) is 9.59 Å². The molecule has 3 rings (SSSR count). The molecule has 0 amide bonds. The SMILES string of the molecule is CCOC(=O)C1=C(C)NC(=S)NC1c1c(=O)o[nH][n+]1-c1ccccc1. The number of para-hydroxylation sites is 1. The molecule has 8 nitrogen and oxygen atoms in total. The van der Waals surface area contributed by atoms with E-state index >= 15 is 0 Å². The standard InChI is InChI=1S/C16H16N4O4S/c1-3-23-14(21)11-9(2)17-16(25)18-12(11)13-15(22)24-19-20(13)10-7-5-4-6-8-10/h4-8,12H,3H2,1-2H3,(H2-,17,18,19,21,22,25)/p+1. The second-order valence-corrected chi connectivity index (χ2v) is 5.74. The molecule has 0 fully saturated rings. The van der Waals surface area contributed by atoms with Gasteiger partial charge >= 0.3 is 17.3 Å². The van der Waals surface area contributed by atoms with Crippen LogP contribution in [-0.2, 0) is 9.53 Å². The smallest absolute Gasteiger partial charge is 0.433 e. The maximum Gasteiger partial charge on any atom is 0.433 e. The van der Waals surface area contributed by atoms with Gasteiger partial charge in [0.05, 0.1) is 12.2 Å². The molecule has 0 spiro atoms. The summed E-state index contributed by atoms with van der Waals surface area (Å²) in [5.41, 5.74) is 1.05. The summed E-state index contributed by atoms with van der Waals surface area (Å²) in [5.74, 6) is -0.535. The average molecular weight is 361 g/mol. The van der Waals surface area contributed by atoms with Crippen LogP contribution in [0.1, 0.15) is 25.6 Å². The fraction of sp³-hybridized carbons (Fsp3) is 0.250. The number of aromatic nitrogens is 2. The highest BCUT2D eigenvalue weighted by atomic mass is 32.1. The van der Waals surface area contributed by atoms with Crippen molar-refractivity contribution in [3.05, 3.63) is 57.7 Å². The molecule has 130 valence electrons. The molecule has 0 bridgehead atoms. The molecule has 1 aromatic carbocycles. The highest BCUT2D eigenvalue weighted by molar-refractivity contribution is 7.80. The number of H-pyrrole nitrogens is 1. The molecule has 0 radical (unpaired) electrons. The van der Waals surface area contributed by atoms with Crippen molar-refractivity contribution >= 4 is 23.3 Å². The molecule has 1 aliphatic rings. The minimum absolute atomic E-state index is 0.192. The summed E-state index contributed by atoms with van der Waals surface area (Å²) in [7, 11) is 0. The maximum absolute atomic E-state index is 12.4. The van der Waals surface area contributed by atoms with Crippen molar-refractivity contribution in [2.75, 3.05) is 6.61 Å². The second-order valence-electron chi connectivity index (χ2n) is 5.33. The number of hydrogen-bond donors (Lipinski definition) is 3. The van der Waals surface area contributed by atoms with E-state index in [0.29, 0.717) is 16.5 Å². The molecule has 2 aromatic rings. The van der Waals surface area contributed by atoms with Gasteiger partial charge in [-0.15, -0.1) is 0 Å². The van der Waals surface area contributed by atoms with Gasteiger partial charge in [0.1, 0.15) is 0 Å².